The highest BCUT2D eigenvalue weighted by Crippen LogP contribution is 2.38. The molecule has 12 heterocycles. The third kappa shape index (κ3) is 23.4. The molecule has 8 aliphatic rings. The van der Waals surface area contributed by atoms with Crippen molar-refractivity contribution in [3.8, 4) is 0 Å². The fourth-order valence-electron chi connectivity index (χ4n) is 18.6. The largest absolute Gasteiger partial charge is 0.481 e. The third-order valence-electron chi connectivity index (χ3n) is 26.0. The van der Waals surface area contributed by atoms with E-state index in [-0.39, 0.29) is 78.6 Å². The van der Waals surface area contributed by atoms with E-state index < -0.39 is 88.1 Å². The van der Waals surface area contributed by atoms with Crippen molar-refractivity contribution >= 4 is 140 Å². The number of carboxylic acid groups (broad SMARTS) is 1. The minimum Gasteiger partial charge on any atom is -0.481 e. The number of carbonyl (C=O) groups is 13. The fraction of sp³-hybridized carbons (Fsp3) is 0.484. The lowest BCUT2D eigenvalue weighted by Crippen LogP contribution is -2.64. The van der Waals surface area contributed by atoms with Crippen LogP contribution in [-0.4, -0.2) is 250 Å². The number of alkyl carbamates (subject to hydrolysis) is 1. The minimum absolute atomic E-state index is 0.0604. The van der Waals surface area contributed by atoms with Gasteiger partial charge in [0, 0.05) is 126 Å². The Hall–Kier alpha value is -12.3. The summed E-state index contributed by atoms with van der Waals surface area (Å²) < 4.78 is 5.61. The van der Waals surface area contributed by atoms with Gasteiger partial charge in [-0.05, 0) is 201 Å². The van der Waals surface area contributed by atoms with Crippen molar-refractivity contribution in [3.63, 3.8) is 0 Å². The predicted octanol–water partition coefficient (Wildman–Crippen LogP) is 10.2. The summed E-state index contributed by atoms with van der Waals surface area (Å²) >= 11 is 12.4. The Morgan fingerprint density at radius 1 is 0.545 bits per heavy atom. The number of nitrogens with one attached hydrogen (secondary N) is 8. The predicted molar refractivity (Wildman–Crippen MR) is 495 cm³/mol. The van der Waals surface area contributed by atoms with Gasteiger partial charge in [-0.15, -0.1) is 0 Å². The van der Waals surface area contributed by atoms with Crippen LogP contribution < -0.4 is 47.4 Å². The molecule has 700 valence electrons. The van der Waals surface area contributed by atoms with Gasteiger partial charge in [0.2, 0.25) is 41.4 Å². The normalized spacial score (nSPS) is 19.2. The number of imide groups is 4. The Bertz CT molecular complexity index is 5560. The standard InChI is InChI=1S/C44H52ClN11O6.C31H42ClN7O3.C20H22N2O6/c45-29-10-8-28(9-11-29)32(51-43(62)44(46)16-21-55(22-17-44)39-31-14-19-48-38(31)49-27-50-39)15-20-53-23-25-54(26-24-53)36(58)7-2-1-3-18-47-33-6-4-5-30-37(33)42(61)56(41(30)60)34-12-13-35(57)52-40(34)59;1-30(2,3)42-29(41)37-31(13-19-39(20-14-31)27-24-11-15-33-26(24)34-21-35-27)28(40)36-25(22-7-9-23(32)10-8-22)12-18-38-16-5-4-6-17-38;23-15-11-10-14(18(26)21-15)22-19(27)13-8-5-7-12(17(13)20(22)28)6-3-1-2-4-9-16(24)25/h4-6,8-11,14,19,27,32,34,47H,1-3,7,12-13,15-18,20-26,46H2,(H,51,62)(H,48,49,50)(H,52,57,59);7-11,15,21,25H,4-6,12-14,16-20H2,1-3H3,(H,36,40)(H,37,41)(H,33,34,35);5,7-8,14H,1-4,6,9-11H2,(H,24,25)(H,21,23,26)/t32-,34?;25-;/m00./s1. The molecule has 12 amide bonds. The summed E-state index contributed by atoms with van der Waals surface area (Å²) in [6, 6.07) is 26.7. The van der Waals surface area contributed by atoms with Gasteiger partial charge < -0.3 is 66.4 Å². The van der Waals surface area contributed by atoms with Crippen LogP contribution in [-0.2, 0) is 49.5 Å². The number of piperidine rings is 5. The molecule has 2 unspecified atom stereocenters. The van der Waals surface area contributed by atoms with Crippen LogP contribution in [0.25, 0.3) is 22.1 Å². The van der Waals surface area contributed by atoms with Gasteiger partial charge in [0.05, 0.1) is 50.6 Å². The Labute approximate surface area is 774 Å². The zero-order valence-corrected chi connectivity index (χ0v) is 76.2. The highest BCUT2D eigenvalue weighted by Gasteiger charge is 2.50. The molecule has 132 heavy (non-hydrogen) atoms. The maximum absolute atomic E-state index is 14.3. The van der Waals surface area contributed by atoms with E-state index in [1.807, 2.05) is 98.7 Å². The summed E-state index contributed by atoms with van der Waals surface area (Å²) in [5, 5.41) is 29.1. The molecule has 8 aliphatic heterocycles. The lowest BCUT2D eigenvalue weighted by atomic mass is 9.85. The van der Waals surface area contributed by atoms with Gasteiger partial charge in [0.25, 0.3) is 23.6 Å². The number of aryl methyl sites for hydroxylation is 1. The Balaban J connectivity index is 0.000000173. The smallest absolute Gasteiger partial charge is 0.408 e. The average Bonchev–Trinajstić information content (AvgIpc) is 1.61. The molecule has 4 aromatic carbocycles. The highest BCUT2D eigenvalue weighted by atomic mass is 35.5. The molecule has 6 fully saturated rings. The molecule has 6 saturated heterocycles. The summed E-state index contributed by atoms with van der Waals surface area (Å²) in [7, 11) is 0. The number of hydrogen-bond donors (Lipinski definition) is 10. The molecule has 4 atom stereocenters. The number of ether oxygens (including phenoxy) is 1. The Morgan fingerprint density at radius 2 is 1.04 bits per heavy atom. The molecular weight excluding hydrogens is 1730 g/mol. The van der Waals surface area contributed by atoms with Gasteiger partial charge >= 0.3 is 12.1 Å². The van der Waals surface area contributed by atoms with Crippen molar-refractivity contribution in [2.24, 2.45) is 5.73 Å². The van der Waals surface area contributed by atoms with E-state index in [1.165, 1.54) is 19.3 Å². The van der Waals surface area contributed by atoms with E-state index in [4.69, 9.17) is 38.8 Å². The lowest BCUT2D eigenvalue weighted by Gasteiger charge is -2.42. The van der Waals surface area contributed by atoms with E-state index in [9.17, 15) is 62.3 Å². The summed E-state index contributed by atoms with van der Waals surface area (Å²) in [4.78, 5) is 202. The van der Waals surface area contributed by atoms with E-state index in [0.29, 0.717) is 118 Å². The van der Waals surface area contributed by atoms with Crippen LogP contribution in [0.5, 0.6) is 0 Å². The number of amides is 12. The van der Waals surface area contributed by atoms with Crippen molar-refractivity contribution in [2.75, 3.05) is 100 Å². The van der Waals surface area contributed by atoms with Crippen molar-refractivity contribution in [1.82, 2.24) is 81.0 Å². The molecule has 16 rings (SSSR count). The summed E-state index contributed by atoms with van der Waals surface area (Å²) in [6.07, 6.45) is 19.9. The number of carbonyl (C=O) groups excluding carboxylic acids is 12. The number of aromatic nitrogens is 6. The number of H-pyrrole nitrogens is 2. The molecule has 11 N–H and O–H groups in total. The number of aliphatic carboxylic acids is 1. The van der Waals surface area contributed by atoms with Crippen molar-refractivity contribution in [2.45, 2.75) is 209 Å². The number of nitrogens with zero attached hydrogens (tertiary/aromatic N) is 11. The second-order valence-corrected chi connectivity index (χ2v) is 37.0. The summed E-state index contributed by atoms with van der Waals surface area (Å²) in [5.74, 6) is -3.58. The fourth-order valence-corrected chi connectivity index (χ4v) is 18.8. The average molecular weight is 1850 g/mol. The molecule has 0 bridgehead atoms. The lowest BCUT2D eigenvalue weighted by molar-refractivity contribution is -0.138. The quantitative estimate of drug-likeness (QED) is 0.0143. The number of piperazine rings is 1. The number of anilines is 3. The van der Waals surface area contributed by atoms with Crippen LogP contribution in [0, 0.1) is 0 Å². The maximum Gasteiger partial charge on any atom is 0.408 e. The molecule has 0 saturated carbocycles. The molecule has 8 aromatic rings. The first-order chi connectivity index (χ1) is 63.5. The van der Waals surface area contributed by atoms with Crippen molar-refractivity contribution < 1.29 is 72.2 Å². The number of aromatic amines is 2. The van der Waals surface area contributed by atoms with E-state index >= 15 is 0 Å². The van der Waals surface area contributed by atoms with Crippen molar-refractivity contribution in [1.29, 1.82) is 0 Å². The van der Waals surface area contributed by atoms with Gasteiger partial charge in [-0.1, -0.05) is 91.3 Å². The molecule has 37 heteroatoms. The highest BCUT2D eigenvalue weighted by molar-refractivity contribution is 6.31. The van der Waals surface area contributed by atoms with Gasteiger partial charge in [-0.2, -0.15) is 0 Å². The van der Waals surface area contributed by atoms with E-state index in [2.05, 4.69) is 81.4 Å². The van der Waals surface area contributed by atoms with E-state index in [1.54, 1.807) is 49.1 Å². The van der Waals surface area contributed by atoms with Crippen LogP contribution in [0.1, 0.15) is 232 Å². The number of rotatable bonds is 31. The number of benzene rings is 4. The number of hydrogen-bond acceptors (Lipinski definition) is 24. The zero-order chi connectivity index (χ0) is 93.4. The SMILES string of the molecule is CC(C)(C)OC(=O)NC1(C(=O)N[C@@H](CCN2CCCCC2)c2ccc(Cl)cc2)CCN(c2ncnc3[nH]ccc23)CC1.NC1(C(=O)N[C@@H](CCN2CCN(C(=O)CCCCCNc3cccc4c3C(=O)N(C3CCC(=O)NC3=O)C4=O)CC2)c2ccc(Cl)cc2)CCN(c2ncnc3[nH]ccc23)CC1.O=C(O)CCCCCCc1cccc2c1C(=O)N(C1CCC(=O)NC1=O)C2=O. The first-order valence-electron chi connectivity index (χ1n) is 45.9. The van der Waals surface area contributed by atoms with Crippen LogP contribution in [0.3, 0.4) is 0 Å². The number of likely N-dealkylation sites (tertiary alicyclic amines) is 1. The van der Waals surface area contributed by atoms with Gasteiger partial charge in [0.15, 0.2) is 0 Å². The first-order valence-corrected chi connectivity index (χ1v) is 46.6. The third-order valence-corrected chi connectivity index (χ3v) is 26.5. The Kier molecular flexibility index (Phi) is 31.5. The monoisotopic (exact) mass is 1850 g/mol. The second-order valence-electron chi connectivity index (χ2n) is 36.1. The molecule has 35 nitrogen and oxygen atoms in total. The number of unbranched alkanes of at least 4 members (excludes halogenated alkanes) is 5. The second kappa shape index (κ2) is 43.4. The summed E-state index contributed by atoms with van der Waals surface area (Å²) in [6.45, 7) is 14.7. The van der Waals surface area contributed by atoms with Crippen LogP contribution in [0.15, 0.2) is 122 Å². The van der Waals surface area contributed by atoms with Crippen LogP contribution >= 0.6 is 23.2 Å². The molecule has 0 spiro atoms. The van der Waals surface area contributed by atoms with Crippen LogP contribution in [0.4, 0.5) is 22.1 Å². The number of carboxylic acids is 1. The number of fused-ring (bicyclic) bond motifs is 4. The Morgan fingerprint density at radius 3 is 1.58 bits per heavy atom. The van der Waals surface area contributed by atoms with E-state index in [0.717, 1.165) is 144 Å². The van der Waals surface area contributed by atoms with Crippen molar-refractivity contribution in [3.05, 3.63) is 171 Å². The topological polar surface area (TPSA) is 455 Å². The number of nitrogens with two attached hydrogens (primary N) is 1. The first kappa shape index (κ1) is 95.8. The molecule has 4 aromatic heterocycles. The minimum atomic E-state index is -1.14. The van der Waals surface area contributed by atoms with Crippen LogP contribution in [0.2, 0.25) is 10.0 Å². The maximum atomic E-state index is 14.3. The van der Waals surface area contributed by atoms with Gasteiger partial charge in [0.1, 0.15) is 58.8 Å². The zero-order valence-electron chi connectivity index (χ0n) is 74.7. The molecule has 0 radical (unpaired) electrons. The van der Waals surface area contributed by atoms with Gasteiger partial charge in [-0.25, -0.2) is 24.7 Å². The molecular formula is C95H116Cl2N20O15. The molecule has 0 aliphatic carbocycles. The summed E-state index contributed by atoms with van der Waals surface area (Å²) in [5.41, 5.74) is 9.81. The van der Waals surface area contributed by atoms with Gasteiger partial charge in [-0.3, -0.25) is 82.9 Å². The number of halogens is 2.